The van der Waals surface area contributed by atoms with Crippen molar-refractivity contribution in [1.82, 2.24) is 9.97 Å². The normalized spacial score (nSPS) is 12.0. The van der Waals surface area contributed by atoms with E-state index in [2.05, 4.69) is 14.7 Å². The average Bonchev–Trinajstić information content (AvgIpc) is 3.07. The molecule has 3 rings (SSSR count). The average molecular weight is 441 g/mol. The summed E-state index contributed by atoms with van der Waals surface area (Å²) in [6, 6.07) is 5.38. The maximum atomic E-state index is 14.4. The van der Waals surface area contributed by atoms with Gasteiger partial charge in [0, 0.05) is 33.8 Å². The standard InChI is InChI=1S/C19H15ClF2N2O4S/c1-2-28-18(25)6-3-11-7-14(21)16(24-19(11)22)10-29(26,27)17-9-23-15-8-12(20)4-5-13(15)17/h3-9,23H,2,10H2,1H3/b6-3+. The van der Waals surface area contributed by atoms with E-state index in [1.807, 2.05) is 0 Å². The maximum absolute atomic E-state index is 14.4. The summed E-state index contributed by atoms with van der Waals surface area (Å²) < 4.78 is 58.7. The van der Waals surface area contributed by atoms with E-state index in [1.54, 1.807) is 13.0 Å². The van der Waals surface area contributed by atoms with Crippen molar-refractivity contribution in [2.24, 2.45) is 0 Å². The number of hydrogen-bond acceptors (Lipinski definition) is 5. The molecular weight excluding hydrogens is 426 g/mol. The first-order valence-corrected chi connectivity index (χ1v) is 10.4. The highest BCUT2D eigenvalue weighted by Crippen LogP contribution is 2.28. The number of carbonyl (C=O) groups is 1. The molecule has 0 aliphatic heterocycles. The zero-order valence-electron chi connectivity index (χ0n) is 15.1. The van der Waals surface area contributed by atoms with E-state index >= 15 is 0 Å². The molecule has 0 bridgehead atoms. The minimum atomic E-state index is -4.03. The number of H-pyrrole nitrogens is 1. The number of aromatic amines is 1. The van der Waals surface area contributed by atoms with Crippen LogP contribution in [-0.4, -0.2) is 31.0 Å². The molecule has 3 aromatic rings. The smallest absolute Gasteiger partial charge is 0.330 e. The van der Waals surface area contributed by atoms with E-state index in [0.29, 0.717) is 15.9 Å². The molecule has 2 heterocycles. The highest BCUT2D eigenvalue weighted by atomic mass is 35.5. The zero-order chi connectivity index (χ0) is 21.2. The number of fused-ring (bicyclic) bond motifs is 1. The van der Waals surface area contributed by atoms with Crippen LogP contribution in [0.5, 0.6) is 0 Å². The molecule has 0 fully saturated rings. The Morgan fingerprint density at radius 2 is 2.07 bits per heavy atom. The van der Waals surface area contributed by atoms with Crippen molar-refractivity contribution >= 4 is 44.4 Å². The molecule has 29 heavy (non-hydrogen) atoms. The summed E-state index contributed by atoms with van der Waals surface area (Å²) in [6.07, 6.45) is 3.20. The molecule has 1 aromatic carbocycles. The third-order valence-electron chi connectivity index (χ3n) is 3.98. The molecule has 1 N–H and O–H groups in total. The molecule has 0 radical (unpaired) electrons. The van der Waals surface area contributed by atoms with Crippen molar-refractivity contribution in [2.75, 3.05) is 6.61 Å². The molecule has 0 saturated heterocycles. The number of rotatable bonds is 6. The van der Waals surface area contributed by atoms with E-state index < -0.39 is 39.0 Å². The van der Waals surface area contributed by atoms with Crippen LogP contribution in [0.25, 0.3) is 17.0 Å². The molecule has 0 aliphatic carbocycles. The summed E-state index contributed by atoms with van der Waals surface area (Å²) in [4.78, 5) is 17.4. The Balaban J connectivity index is 1.91. The molecule has 2 aromatic heterocycles. The number of benzene rings is 1. The molecule has 152 valence electrons. The fraction of sp³-hybridized carbons (Fsp3) is 0.158. The first kappa shape index (κ1) is 20.9. The summed E-state index contributed by atoms with van der Waals surface area (Å²) in [5.74, 6) is -3.68. The van der Waals surface area contributed by atoms with Crippen LogP contribution in [0.15, 0.2) is 41.4 Å². The molecule has 0 atom stereocenters. The van der Waals surface area contributed by atoms with Crippen LogP contribution < -0.4 is 0 Å². The van der Waals surface area contributed by atoms with E-state index in [1.165, 1.54) is 18.3 Å². The lowest BCUT2D eigenvalue weighted by molar-refractivity contribution is -0.137. The van der Waals surface area contributed by atoms with Crippen LogP contribution in [0.2, 0.25) is 5.02 Å². The van der Waals surface area contributed by atoms with Gasteiger partial charge in [0.05, 0.1) is 17.2 Å². The van der Waals surface area contributed by atoms with Crippen molar-refractivity contribution in [3.8, 4) is 0 Å². The van der Waals surface area contributed by atoms with Gasteiger partial charge in [0.2, 0.25) is 5.95 Å². The van der Waals surface area contributed by atoms with E-state index in [0.717, 1.165) is 18.2 Å². The molecule has 0 amide bonds. The predicted octanol–water partition coefficient (Wildman–Crippen LogP) is 4.04. The van der Waals surface area contributed by atoms with Gasteiger partial charge in [0.15, 0.2) is 9.84 Å². The molecule has 0 saturated carbocycles. The molecule has 0 aliphatic rings. The number of ether oxygens (including phenoxy) is 1. The van der Waals surface area contributed by atoms with Gasteiger partial charge < -0.3 is 9.72 Å². The Bertz CT molecular complexity index is 1220. The minimum Gasteiger partial charge on any atom is -0.463 e. The highest BCUT2D eigenvalue weighted by Gasteiger charge is 2.23. The zero-order valence-corrected chi connectivity index (χ0v) is 16.7. The third-order valence-corrected chi connectivity index (χ3v) is 5.88. The number of hydrogen-bond donors (Lipinski definition) is 1. The number of nitrogens with zero attached hydrogens (tertiary/aromatic N) is 1. The van der Waals surface area contributed by atoms with Gasteiger partial charge in [-0.25, -0.2) is 22.6 Å². The van der Waals surface area contributed by atoms with Gasteiger partial charge in [-0.05, 0) is 31.2 Å². The highest BCUT2D eigenvalue weighted by molar-refractivity contribution is 7.90. The van der Waals surface area contributed by atoms with Gasteiger partial charge in [0.25, 0.3) is 0 Å². The maximum Gasteiger partial charge on any atom is 0.330 e. The second-order valence-electron chi connectivity index (χ2n) is 5.98. The summed E-state index contributed by atoms with van der Waals surface area (Å²) in [7, 11) is -4.03. The molecule has 0 spiro atoms. The topological polar surface area (TPSA) is 89.1 Å². The van der Waals surface area contributed by atoms with Gasteiger partial charge in [-0.2, -0.15) is 4.39 Å². The van der Waals surface area contributed by atoms with Crippen LogP contribution in [0.1, 0.15) is 18.2 Å². The number of carbonyl (C=O) groups excluding carboxylic acids is 1. The fourth-order valence-corrected chi connectivity index (χ4v) is 4.31. The van der Waals surface area contributed by atoms with Crippen LogP contribution in [-0.2, 0) is 25.1 Å². The second kappa shape index (κ2) is 8.30. The van der Waals surface area contributed by atoms with Gasteiger partial charge in [-0.3, -0.25) is 0 Å². The number of esters is 1. The van der Waals surface area contributed by atoms with Gasteiger partial charge in [-0.15, -0.1) is 0 Å². The predicted molar refractivity (Wildman–Crippen MR) is 104 cm³/mol. The Labute approximate surface area is 170 Å². The van der Waals surface area contributed by atoms with E-state index in [9.17, 15) is 22.0 Å². The molecule has 6 nitrogen and oxygen atoms in total. The lowest BCUT2D eigenvalue weighted by Gasteiger charge is -2.06. The summed E-state index contributed by atoms with van der Waals surface area (Å²) in [6.45, 7) is 1.74. The number of halogens is 3. The van der Waals surface area contributed by atoms with Crippen molar-refractivity contribution in [2.45, 2.75) is 17.6 Å². The van der Waals surface area contributed by atoms with Crippen LogP contribution in [0.4, 0.5) is 8.78 Å². The van der Waals surface area contributed by atoms with Crippen molar-refractivity contribution < 1.29 is 26.7 Å². The largest absolute Gasteiger partial charge is 0.463 e. The third kappa shape index (κ3) is 4.63. The van der Waals surface area contributed by atoms with Gasteiger partial charge in [0.1, 0.15) is 11.6 Å². The molecular formula is C19H15ClF2N2O4S. The van der Waals surface area contributed by atoms with Gasteiger partial charge in [-0.1, -0.05) is 17.7 Å². The quantitative estimate of drug-likeness (QED) is 0.355. The van der Waals surface area contributed by atoms with E-state index in [4.69, 9.17) is 11.6 Å². The lowest BCUT2D eigenvalue weighted by Crippen LogP contribution is -2.10. The molecule has 10 heteroatoms. The fourth-order valence-electron chi connectivity index (χ4n) is 2.67. The van der Waals surface area contributed by atoms with Crippen molar-refractivity contribution in [3.05, 3.63) is 64.6 Å². The van der Waals surface area contributed by atoms with Gasteiger partial charge >= 0.3 is 5.97 Å². The monoisotopic (exact) mass is 440 g/mol. The Morgan fingerprint density at radius 3 is 2.79 bits per heavy atom. The summed E-state index contributed by atoms with van der Waals surface area (Å²) in [5.41, 5.74) is -0.382. The van der Waals surface area contributed by atoms with E-state index in [-0.39, 0.29) is 17.1 Å². The van der Waals surface area contributed by atoms with Crippen molar-refractivity contribution in [1.29, 1.82) is 0 Å². The number of sulfone groups is 1. The Morgan fingerprint density at radius 1 is 1.31 bits per heavy atom. The van der Waals surface area contributed by atoms with Crippen LogP contribution in [0, 0.1) is 11.8 Å². The first-order chi connectivity index (χ1) is 13.7. The second-order valence-corrected chi connectivity index (χ2v) is 8.38. The lowest BCUT2D eigenvalue weighted by atomic mass is 10.2. The summed E-state index contributed by atoms with van der Waals surface area (Å²) >= 11 is 5.88. The number of pyridine rings is 1. The molecule has 0 unspecified atom stereocenters. The Hall–Kier alpha value is -2.78. The SMILES string of the molecule is CCOC(=O)/C=C/c1cc(F)c(CS(=O)(=O)c2c[nH]c3cc(Cl)ccc23)nc1F. The minimum absolute atomic E-state index is 0.0722. The summed E-state index contributed by atoms with van der Waals surface area (Å²) in [5, 5.41) is 0.800. The number of aromatic nitrogens is 2. The first-order valence-electron chi connectivity index (χ1n) is 8.40. The van der Waals surface area contributed by atoms with Crippen LogP contribution >= 0.6 is 11.6 Å². The Kier molecular flexibility index (Phi) is 5.99. The van der Waals surface area contributed by atoms with Crippen molar-refractivity contribution in [3.63, 3.8) is 0 Å². The van der Waals surface area contributed by atoms with Crippen LogP contribution in [0.3, 0.4) is 0 Å². The number of nitrogens with one attached hydrogen (secondary N) is 1.